The molecule has 0 aliphatic heterocycles. The number of aryl methyl sites for hydroxylation is 1. The van der Waals surface area contributed by atoms with Gasteiger partial charge in [-0.15, -0.1) is 0 Å². The van der Waals surface area contributed by atoms with E-state index in [1.165, 1.54) is 12.8 Å². The highest BCUT2D eigenvalue weighted by molar-refractivity contribution is 5.99. The molecule has 1 fully saturated rings. The van der Waals surface area contributed by atoms with E-state index < -0.39 is 0 Å². The molecule has 3 heteroatoms. The Labute approximate surface area is 108 Å². The van der Waals surface area contributed by atoms with Crippen molar-refractivity contribution in [1.82, 2.24) is 0 Å². The summed E-state index contributed by atoms with van der Waals surface area (Å²) in [6.07, 6.45) is 2.87. The summed E-state index contributed by atoms with van der Waals surface area (Å²) in [4.78, 5) is 12.0. The maximum atomic E-state index is 12.0. The summed E-state index contributed by atoms with van der Waals surface area (Å²) in [5.41, 5.74) is 8.37. The fraction of sp³-hybridized carbons (Fsp3) is 0.533. The maximum absolute atomic E-state index is 12.0. The molecule has 18 heavy (non-hydrogen) atoms. The molecule has 0 amide bonds. The monoisotopic (exact) mass is 247 g/mol. The Balaban J connectivity index is 2.25. The van der Waals surface area contributed by atoms with E-state index in [1.54, 1.807) is 0 Å². The predicted molar refractivity (Wildman–Crippen MR) is 72.1 cm³/mol. The third-order valence-corrected chi connectivity index (χ3v) is 3.51. The number of benzene rings is 1. The molecular formula is C15H21NO2. The van der Waals surface area contributed by atoms with Crippen molar-refractivity contribution in [3.63, 3.8) is 0 Å². The molecule has 1 aromatic carbocycles. The Hall–Kier alpha value is -1.35. The number of hydrogen-bond donors (Lipinski definition) is 1. The zero-order chi connectivity index (χ0) is 13.1. The Morgan fingerprint density at radius 2 is 2.11 bits per heavy atom. The minimum atomic E-state index is 0.0754. The lowest BCUT2D eigenvalue weighted by molar-refractivity contribution is 0.0981. The van der Waals surface area contributed by atoms with Crippen molar-refractivity contribution < 1.29 is 9.53 Å². The number of Topliss-reactive ketones (excluding diaryl/α,β-unsaturated/α-hetero) is 1. The van der Waals surface area contributed by atoms with Gasteiger partial charge in [0.15, 0.2) is 5.78 Å². The second-order valence-corrected chi connectivity index (χ2v) is 5.10. The Bertz CT molecular complexity index is 450. The Morgan fingerprint density at radius 1 is 1.39 bits per heavy atom. The number of carbonyl (C=O) groups excluding carboxylic acids is 1. The number of ketones is 1. The smallest absolute Gasteiger partial charge is 0.167 e. The molecule has 98 valence electrons. The van der Waals surface area contributed by atoms with Gasteiger partial charge in [0.05, 0.1) is 12.2 Å². The molecule has 0 unspecified atom stereocenters. The quantitative estimate of drug-likeness (QED) is 0.786. The molecule has 0 atom stereocenters. The molecule has 0 aromatic heterocycles. The van der Waals surface area contributed by atoms with Crippen LogP contribution in [0.25, 0.3) is 0 Å². The van der Waals surface area contributed by atoms with Crippen molar-refractivity contribution in [3.05, 3.63) is 28.8 Å². The number of hydrogen-bond acceptors (Lipinski definition) is 3. The van der Waals surface area contributed by atoms with Crippen LogP contribution in [0, 0.1) is 19.8 Å². The van der Waals surface area contributed by atoms with Crippen LogP contribution in [0.4, 0.5) is 0 Å². The number of carbonyl (C=O) groups is 1. The number of ether oxygens (including phenoxy) is 1. The average molecular weight is 247 g/mol. The van der Waals surface area contributed by atoms with E-state index in [4.69, 9.17) is 10.5 Å². The minimum Gasteiger partial charge on any atom is -0.492 e. The topological polar surface area (TPSA) is 52.3 Å². The van der Waals surface area contributed by atoms with Crippen LogP contribution in [0.2, 0.25) is 0 Å². The molecule has 0 radical (unpaired) electrons. The van der Waals surface area contributed by atoms with Crippen molar-refractivity contribution in [3.8, 4) is 5.75 Å². The third kappa shape index (κ3) is 2.91. The summed E-state index contributed by atoms with van der Waals surface area (Å²) in [6.45, 7) is 5.16. The molecule has 0 bridgehead atoms. The van der Waals surface area contributed by atoms with Crippen molar-refractivity contribution in [2.24, 2.45) is 11.7 Å². The van der Waals surface area contributed by atoms with E-state index in [1.807, 2.05) is 26.0 Å². The molecule has 0 heterocycles. The standard InChI is InChI=1S/C15H21NO2/c1-10-3-6-13(14(17)7-8-16)15(11(10)2)18-9-12-4-5-12/h3,6,12H,4-5,7-9,16H2,1-2H3. The largest absolute Gasteiger partial charge is 0.492 e. The lowest BCUT2D eigenvalue weighted by Crippen LogP contribution is -2.12. The summed E-state index contributed by atoms with van der Waals surface area (Å²) >= 11 is 0. The first-order chi connectivity index (χ1) is 8.63. The van der Waals surface area contributed by atoms with Crippen LogP contribution in [0.5, 0.6) is 5.75 Å². The molecule has 0 saturated heterocycles. The van der Waals surface area contributed by atoms with Gasteiger partial charge in [0.2, 0.25) is 0 Å². The zero-order valence-corrected chi connectivity index (χ0v) is 11.2. The van der Waals surface area contributed by atoms with Gasteiger partial charge in [-0.25, -0.2) is 0 Å². The summed E-state index contributed by atoms with van der Waals surface area (Å²) < 4.78 is 5.88. The van der Waals surface area contributed by atoms with E-state index in [2.05, 4.69) is 0 Å². The van der Waals surface area contributed by atoms with Crippen LogP contribution in [-0.4, -0.2) is 18.9 Å². The predicted octanol–water partition coefficient (Wildman–Crippen LogP) is 2.62. The first-order valence-electron chi connectivity index (χ1n) is 6.59. The molecule has 1 saturated carbocycles. The van der Waals surface area contributed by atoms with Crippen LogP contribution >= 0.6 is 0 Å². The summed E-state index contributed by atoms with van der Waals surface area (Å²) in [5.74, 6) is 1.52. The normalized spacial score (nSPS) is 14.6. The van der Waals surface area contributed by atoms with Crippen molar-refractivity contribution >= 4 is 5.78 Å². The SMILES string of the molecule is Cc1ccc(C(=O)CCN)c(OCC2CC2)c1C. The van der Waals surface area contributed by atoms with Crippen LogP contribution < -0.4 is 10.5 Å². The van der Waals surface area contributed by atoms with Gasteiger partial charge in [0, 0.05) is 6.42 Å². The second kappa shape index (κ2) is 5.53. The van der Waals surface area contributed by atoms with Crippen LogP contribution in [0.3, 0.4) is 0 Å². The van der Waals surface area contributed by atoms with Gasteiger partial charge in [0.1, 0.15) is 5.75 Å². The molecular weight excluding hydrogens is 226 g/mol. The highest BCUT2D eigenvalue weighted by Crippen LogP contribution is 2.33. The van der Waals surface area contributed by atoms with Gasteiger partial charge >= 0.3 is 0 Å². The highest BCUT2D eigenvalue weighted by Gasteiger charge is 2.24. The van der Waals surface area contributed by atoms with Gasteiger partial charge in [-0.3, -0.25) is 4.79 Å². The van der Waals surface area contributed by atoms with Crippen molar-refractivity contribution in [2.75, 3.05) is 13.2 Å². The summed E-state index contributed by atoms with van der Waals surface area (Å²) in [7, 11) is 0. The molecule has 1 aliphatic carbocycles. The summed E-state index contributed by atoms with van der Waals surface area (Å²) in [5, 5.41) is 0. The Morgan fingerprint density at radius 3 is 2.72 bits per heavy atom. The Kier molecular flexibility index (Phi) is 4.02. The zero-order valence-electron chi connectivity index (χ0n) is 11.2. The van der Waals surface area contributed by atoms with Gasteiger partial charge < -0.3 is 10.5 Å². The van der Waals surface area contributed by atoms with Gasteiger partial charge in [-0.2, -0.15) is 0 Å². The second-order valence-electron chi connectivity index (χ2n) is 5.10. The van der Waals surface area contributed by atoms with Crippen molar-refractivity contribution in [1.29, 1.82) is 0 Å². The molecule has 2 N–H and O–H groups in total. The minimum absolute atomic E-state index is 0.0754. The maximum Gasteiger partial charge on any atom is 0.167 e. The molecule has 1 aromatic rings. The fourth-order valence-electron chi connectivity index (χ4n) is 1.95. The average Bonchev–Trinajstić information content (AvgIpc) is 3.15. The molecule has 2 rings (SSSR count). The van der Waals surface area contributed by atoms with E-state index in [0.717, 1.165) is 23.5 Å². The van der Waals surface area contributed by atoms with E-state index in [9.17, 15) is 4.79 Å². The molecule has 1 aliphatic rings. The number of nitrogens with two attached hydrogens (primary N) is 1. The lowest BCUT2D eigenvalue weighted by atomic mass is 10.00. The van der Waals surface area contributed by atoms with Crippen LogP contribution in [0.1, 0.15) is 40.7 Å². The van der Waals surface area contributed by atoms with Crippen molar-refractivity contribution in [2.45, 2.75) is 33.1 Å². The first kappa shape index (κ1) is 13.1. The third-order valence-electron chi connectivity index (χ3n) is 3.51. The van der Waals surface area contributed by atoms with E-state index in [-0.39, 0.29) is 5.78 Å². The van der Waals surface area contributed by atoms with E-state index in [0.29, 0.717) is 24.4 Å². The summed E-state index contributed by atoms with van der Waals surface area (Å²) in [6, 6.07) is 3.84. The first-order valence-corrected chi connectivity index (χ1v) is 6.59. The van der Waals surface area contributed by atoms with Crippen LogP contribution in [-0.2, 0) is 0 Å². The fourth-order valence-corrected chi connectivity index (χ4v) is 1.95. The van der Waals surface area contributed by atoms with Crippen LogP contribution in [0.15, 0.2) is 12.1 Å². The van der Waals surface area contributed by atoms with Gasteiger partial charge in [0.25, 0.3) is 0 Å². The lowest BCUT2D eigenvalue weighted by Gasteiger charge is -2.15. The van der Waals surface area contributed by atoms with E-state index >= 15 is 0 Å². The van der Waals surface area contributed by atoms with Gasteiger partial charge in [-0.05, 0) is 56.3 Å². The highest BCUT2D eigenvalue weighted by atomic mass is 16.5. The molecule has 3 nitrogen and oxygen atoms in total. The van der Waals surface area contributed by atoms with Gasteiger partial charge in [-0.1, -0.05) is 6.07 Å². The number of rotatable bonds is 6. The molecule has 0 spiro atoms.